The Labute approximate surface area is 122 Å². The van der Waals surface area contributed by atoms with E-state index in [1.165, 1.54) is 0 Å². The van der Waals surface area contributed by atoms with Crippen molar-refractivity contribution < 1.29 is 14.6 Å². The average molecular weight is 287 g/mol. The Kier molecular flexibility index (Phi) is 3.72. The molecular weight excluding hydrogens is 270 g/mol. The normalized spacial score (nSPS) is 21.4. The van der Waals surface area contributed by atoms with Crippen LogP contribution in [-0.4, -0.2) is 40.0 Å². The number of carbonyl (C=O) groups is 1. The fraction of sp³-hybridized carbons (Fsp3) is 0.333. The maximum atomic E-state index is 12.3. The summed E-state index contributed by atoms with van der Waals surface area (Å²) in [5, 5.41) is 19.1. The maximum absolute atomic E-state index is 12.3. The molecular formula is C15H17N3O3. The lowest BCUT2D eigenvalue weighted by molar-refractivity contribution is -0.140. The molecule has 3 rings (SSSR count). The Bertz CT molecular complexity index is 619. The van der Waals surface area contributed by atoms with E-state index in [-0.39, 0.29) is 12.5 Å². The van der Waals surface area contributed by atoms with Crippen LogP contribution in [0.25, 0.3) is 11.3 Å². The number of hydrogen-bond donors (Lipinski definition) is 3. The molecule has 1 saturated heterocycles. The molecule has 1 aliphatic heterocycles. The summed E-state index contributed by atoms with van der Waals surface area (Å²) in [6.45, 7) is 0.196. The number of aliphatic hydroxyl groups excluding tert-OH is 1. The standard InChI is InChI=1S/C15H17N3O3/c19-10-15(6-2-8-21-15)14(20)17-12-4-1-3-11(9-12)13-5-7-16-18-13/h1,3-5,7,9,19H,2,6,8,10H2,(H,16,18)(H,17,20). The van der Waals surface area contributed by atoms with Crippen molar-refractivity contribution in [1.29, 1.82) is 0 Å². The van der Waals surface area contributed by atoms with Crippen LogP contribution in [0.2, 0.25) is 0 Å². The number of aromatic nitrogens is 2. The van der Waals surface area contributed by atoms with Crippen LogP contribution < -0.4 is 5.32 Å². The summed E-state index contributed by atoms with van der Waals surface area (Å²) < 4.78 is 5.45. The second-order valence-corrected chi connectivity index (χ2v) is 5.11. The van der Waals surface area contributed by atoms with Gasteiger partial charge in [0.25, 0.3) is 5.91 Å². The van der Waals surface area contributed by atoms with Gasteiger partial charge in [-0.3, -0.25) is 9.89 Å². The largest absolute Gasteiger partial charge is 0.393 e. The Morgan fingerprint density at radius 3 is 3.05 bits per heavy atom. The van der Waals surface area contributed by atoms with Gasteiger partial charge in [0, 0.05) is 24.1 Å². The molecule has 0 aliphatic carbocycles. The topological polar surface area (TPSA) is 87.2 Å². The van der Waals surface area contributed by atoms with E-state index < -0.39 is 5.60 Å². The lowest BCUT2D eigenvalue weighted by atomic mass is 10.00. The van der Waals surface area contributed by atoms with E-state index in [4.69, 9.17) is 4.74 Å². The van der Waals surface area contributed by atoms with E-state index in [2.05, 4.69) is 15.5 Å². The number of aromatic amines is 1. The molecule has 1 unspecified atom stereocenters. The summed E-state index contributed by atoms with van der Waals surface area (Å²) in [6.07, 6.45) is 2.99. The number of carbonyl (C=O) groups excluding carboxylic acids is 1. The molecule has 1 aromatic heterocycles. The third-order valence-corrected chi connectivity index (χ3v) is 3.70. The van der Waals surface area contributed by atoms with E-state index in [1.807, 2.05) is 24.3 Å². The first-order valence-corrected chi connectivity index (χ1v) is 6.90. The number of nitrogens with one attached hydrogen (secondary N) is 2. The van der Waals surface area contributed by atoms with Gasteiger partial charge in [0.15, 0.2) is 5.60 Å². The van der Waals surface area contributed by atoms with E-state index in [0.717, 1.165) is 17.7 Å². The monoisotopic (exact) mass is 287 g/mol. The maximum Gasteiger partial charge on any atom is 0.259 e. The zero-order valence-electron chi connectivity index (χ0n) is 11.5. The molecule has 1 fully saturated rings. The van der Waals surface area contributed by atoms with E-state index in [0.29, 0.717) is 18.7 Å². The van der Waals surface area contributed by atoms with Gasteiger partial charge in [-0.1, -0.05) is 12.1 Å². The van der Waals surface area contributed by atoms with Crippen molar-refractivity contribution in [1.82, 2.24) is 10.2 Å². The third kappa shape index (κ3) is 2.68. The quantitative estimate of drug-likeness (QED) is 0.796. The third-order valence-electron chi connectivity index (χ3n) is 3.70. The Morgan fingerprint density at radius 1 is 1.48 bits per heavy atom. The van der Waals surface area contributed by atoms with Crippen LogP contribution in [0, 0.1) is 0 Å². The molecule has 1 aliphatic rings. The van der Waals surface area contributed by atoms with Crippen LogP contribution in [-0.2, 0) is 9.53 Å². The predicted octanol–water partition coefficient (Wildman–Crippen LogP) is 1.56. The lowest BCUT2D eigenvalue weighted by Gasteiger charge is -2.24. The highest BCUT2D eigenvalue weighted by atomic mass is 16.5. The SMILES string of the molecule is O=C(Nc1cccc(-c2ccn[nH]2)c1)C1(CO)CCCO1. The predicted molar refractivity (Wildman–Crippen MR) is 77.7 cm³/mol. The average Bonchev–Trinajstić information content (AvgIpc) is 3.20. The van der Waals surface area contributed by atoms with Crippen molar-refractivity contribution in [2.75, 3.05) is 18.5 Å². The van der Waals surface area contributed by atoms with Gasteiger partial charge in [-0.25, -0.2) is 0 Å². The fourth-order valence-corrected chi connectivity index (χ4v) is 2.50. The van der Waals surface area contributed by atoms with Crippen LogP contribution in [0.4, 0.5) is 5.69 Å². The minimum absolute atomic E-state index is 0.302. The minimum Gasteiger partial charge on any atom is -0.393 e. The number of anilines is 1. The van der Waals surface area contributed by atoms with Gasteiger partial charge in [-0.2, -0.15) is 5.10 Å². The number of benzene rings is 1. The molecule has 110 valence electrons. The molecule has 0 radical (unpaired) electrons. The van der Waals surface area contributed by atoms with Crippen molar-refractivity contribution in [3.05, 3.63) is 36.5 Å². The molecule has 0 bridgehead atoms. The Balaban J connectivity index is 1.79. The molecule has 6 nitrogen and oxygen atoms in total. The highest BCUT2D eigenvalue weighted by molar-refractivity contribution is 5.98. The van der Waals surface area contributed by atoms with E-state index >= 15 is 0 Å². The summed E-state index contributed by atoms with van der Waals surface area (Å²) in [6, 6.07) is 9.30. The molecule has 6 heteroatoms. The number of nitrogens with zero attached hydrogens (tertiary/aromatic N) is 1. The van der Waals surface area contributed by atoms with Crippen molar-refractivity contribution in [2.45, 2.75) is 18.4 Å². The smallest absolute Gasteiger partial charge is 0.259 e. The van der Waals surface area contributed by atoms with Crippen LogP contribution in [0.15, 0.2) is 36.5 Å². The first-order valence-electron chi connectivity index (χ1n) is 6.90. The van der Waals surface area contributed by atoms with Gasteiger partial charge in [-0.15, -0.1) is 0 Å². The molecule has 1 aromatic carbocycles. The van der Waals surface area contributed by atoms with Crippen molar-refractivity contribution >= 4 is 11.6 Å². The molecule has 3 N–H and O–H groups in total. The number of amides is 1. The number of aliphatic hydroxyl groups is 1. The first kappa shape index (κ1) is 13.8. The summed E-state index contributed by atoms with van der Waals surface area (Å²) in [5.74, 6) is -0.302. The number of rotatable bonds is 4. The lowest BCUT2D eigenvalue weighted by Crippen LogP contribution is -2.45. The molecule has 21 heavy (non-hydrogen) atoms. The summed E-state index contributed by atoms with van der Waals surface area (Å²) in [5.41, 5.74) is 1.36. The molecule has 1 amide bonds. The number of H-pyrrole nitrogens is 1. The molecule has 2 heterocycles. The number of hydrogen-bond acceptors (Lipinski definition) is 4. The van der Waals surface area contributed by atoms with Gasteiger partial charge in [0.05, 0.1) is 12.3 Å². The first-order chi connectivity index (χ1) is 10.2. The van der Waals surface area contributed by atoms with Crippen molar-refractivity contribution in [3.8, 4) is 11.3 Å². The summed E-state index contributed by atoms with van der Waals surface area (Å²) in [4.78, 5) is 12.3. The van der Waals surface area contributed by atoms with Crippen LogP contribution in [0.5, 0.6) is 0 Å². The zero-order chi connectivity index (χ0) is 14.7. The van der Waals surface area contributed by atoms with Gasteiger partial charge in [-0.05, 0) is 31.0 Å². The van der Waals surface area contributed by atoms with Gasteiger partial charge >= 0.3 is 0 Å². The van der Waals surface area contributed by atoms with E-state index in [1.54, 1.807) is 12.3 Å². The van der Waals surface area contributed by atoms with Crippen LogP contribution in [0.1, 0.15) is 12.8 Å². The van der Waals surface area contributed by atoms with E-state index in [9.17, 15) is 9.90 Å². The summed E-state index contributed by atoms with van der Waals surface area (Å²) >= 11 is 0. The van der Waals surface area contributed by atoms with Crippen molar-refractivity contribution in [2.24, 2.45) is 0 Å². The van der Waals surface area contributed by atoms with Crippen molar-refractivity contribution in [3.63, 3.8) is 0 Å². The fourth-order valence-electron chi connectivity index (χ4n) is 2.50. The Hall–Kier alpha value is -2.18. The van der Waals surface area contributed by atoms with Crippen LogP contribution in [0.3, 0.4) is 0 Å². The van der Waals surface area contributed by atoms with Gasteiger partial charge in [0.2, 0.25) is 0 Å². The molecule has 0 saturated carbocycles. The second kappa shape index (κ2) is 5.67. The highest BCUT2D eigenvalue weighted by Crippen LogP contribution is 2.27. The molecule has 1 atom stereocenters. The second-order valence-electron chi connectivity index (χ2n) is 5.11. The highest BCUT2D eigenvalue weighted by Gasteiger charge is 2.42. The number of ether oxygens (including phenoxy) is 1. The minimum atomic E-state index is -1.11. The zero-order valence-corrected chi connectivity index (χ0v) is 11.5. The van der Waals surface area contributed by atoms with Crippen LogP contribution >= 0.6 is 0 Å². The Morgan fingerprint density at radius 2 is 2.38 bits per heavy atom. The van der Waals surface area contributed by atoms with Gasteiger partial charge < -0.3 is 15.2 Å². The van der Waals surface area contributed by atoms with Gasteiger partial charge in [0.1, 0.15) is 0 Å². The molecule has 0 spiro atoms. The molecule has 2 aromatic rings. The summed E-state index contributed by atoms with van der Waals surface area (Å²) in [7, 11) is 0.